The van der Waals surface area contributed by atoms with E-state index in [1.807, 2.05) is 13.8 Å². The van der Waals surface area contributed by atoms with Crippen molar-refractivity contribution >= 4 is 21.7 Å². The lowest BCUT2D eigenvalue weighted by Gasteiger charge is -2.16. The number of Topliss-reactive ketones (excluding diaryl/α,β-unsaturated/α-hetero) is 1. The van der Waals surface area contributed by atoms with E-state index in [4.69, 9.17) is 0 Å². The third-order valence-electron chi connectivity index (χ3n) is 2.76. The van der Waals surface area contributed by atoms with Crippen LogP contribution in [0.5, 0.6) is 0 Å². The molecule has 0 aliphatic carbocycles. The summed E-state index contributed by atoms with van der Waals surface area (Å²) in [4.78, 5) is 12.2. The van der Waals surface area contributed by atoms with Crippen molar-refractivity contribution in [3.05, 3.63) is 34.4 Å². The zero-order valence-electron chi connectivity index (χ0n) is 10.6. The number of ketones is 1. The van der Waals surface area contributed by atoms with Crippen LogP contribution in [-0.4, -0.2) is 10.6 Å². The lowest BCUT2D eigenvalue weighted by Crippen LogP contribution is -2.22. The van der Waals surface area contributed by atoms with Crippen molar-refractivity contribution in [1.29, 1.82) is 0 Å². The highest BCUT2D eigenvalue weighted by Gasteiger charge is 2.23. The first-order chi connectivity index (χ1) is 7.34. The second-order valence-corrected chi connectivity index (χ2v) is 5.77. The molecule has 1 aromatic rings. The number of benzene rings is 1. The Kier molecular flexibility index (Phi) is 4.31. The summed E-state index contributed by atoms with van der Waals surface area (Å²) < 4.78 is 0. The minimum absolute atomic E-state index is 0.0902. The Balaban J connectivity index is 3.19. The summed E-state index contributed by atoms with van der Waals surface area (Å²) in [5, 5.41) is 0. The van der Waals surface area contributed by atoms with Crippen molar-refractivity contribution in [3.63, 3.8) is 0 Å². The zero-order valence-corrected chi connectivity index (χ0v) is 12.2. The highest BCUT2D eigenvalue weighted by molar-refractivity contribution is 9.10. The van der Waals surface area contributed by atoms with E-state index in [2.05, 4.69) is 48.8 Å². The Morgan fingerprint density at radius 3 is 1.94 bits per heavy atom. The number of rotatable bonds is 3. The van der Waals surface area contributed by atoms with Gasteiger partial charge in [-0.3, -0.25) is 4.79 Å². The molecule has 88 valence electrons. The second kappa shape index (κ2) is 5.13. The van der Waals surface area contributed by atoms with E-state index in [1.165, 1.54) is 5.56 Å². The van der Waals surface area contributed by atoms with Crippen LogP contribution in [0.3, 0.4) is 0 Å². The molecule has 0 aromatic heterocycles. The number of aryl methyl sites for hydroxylation is 3. The van der Waals surface area contributed by atoms with E-state index in [-0.39, 0.29) is 10.6 Å². The Hall–Kier alpha value is -0.630. The quantitative estimate of drug-likeness (QED) is 0.599. The predicted octanol–water partition coefficient (Wildman–Crippen LogP) is 4.21. The van der Waals surface area contributed by atoms with Gasteiger partial charge in [0.2, 0.25) is 0 Å². The smallest absolute Gasteiger partial charge is 0.177 e. The van der Waals surface area contributed by atoms with Crippen LogP contribution in [0.1, 0.15) is 40.9 Å². The van der Waals surface area contributed by atoms with Gasteiger partial charge in [-0.05, 0) is 37.8 Å². The summed E-state index contributed by atoms with van der Waals surface area (Å²) in [6, 6.07) is 4.14. The number of hydrogen-bond donors (Lipinski definition) is 0. The molecule has 0 spiro atoms. The Morgan fingerprint density at radius 1 is 1.12 bits per heavy atom. The SMILES string of the molecule is Cc1cc(C)c(C(=O)C(Br)C(C)C)c(C)c1. The molecule has 0 bridgehead atoms. The Labute approximate surface area is 106 Å². The van der Waals surface area contributed by atoms with Crippen molar-refractivity contribution in [2.24, 2.45) is 5.92 Å². The minimum atomic E-state index is -0.0902. The predicted molar refractivity (Wildman–Crippen MR) is 72.5 cm³/mol. The third kappa shape index (κ3) is 2.73. The molecule has 16 heavy (non-hydrogen) atoms. The fourth-order valence-corrected chi connectivity index (χ4v) is 2.24. The monoisotopic (exact) mass is 282 g/mol. The van der Waals surface area contributed by atoms with Crippen molar-refractivity contribution < 1.29 is 4.79 Å². The molecule has 0 aliphatic heterocycles. The average Bonchev–Trinajstić information content (AvgIpc) is 2.14. The van der Waals surface area contributed by atoms with Gasteiger partial charge >= 0.3 is 0 Å². The molecule has 0 saturated carbocycles. The molecular weight excluding hydrogens is 264 g/mol. The Morgan fingerprint density at radius 2 is 1.56 bits per heavy atom. The first kappa shape index (κ1) is 13.4. The fourth-order valence-electron chi connectivity index (χ4n) is 2.01. The van der Waals surface area contributed by atoms with Gasteiger partial charge in [0, 0.05) is 5.56 Å². The van der Waals surface area contributed by atoms with Gasteiger partial charge in [0.25, 0.3) is 0 Å². The summed E-state index contributed by atoms with van der Waals surface area (Å²) in [5.74, 6) is 0.512. The molecule has 0 amide bonds. The molecule has 0 aliphatic rings. The van der Waals surface area contributed by atoms with Crippen molar-refractivity contribution in [1.82, 2.24) is 0 Å². The standard InChI is InChI=1S/C14H19BrO/c1-8(2)13(15)14(16)12-10(4)6-9(3)7-11(12)5/h6-8,13H,1-5H3. The number of carbonyl (C=O) groups excluding carboxylic acids is 1. The van der Waals surface area contributed by atoms with Crippen LogP contribution < -0.4 is 0 Å². The van der Waals surface area contributed by atoms with Crippen LogP contribution in [-0.2, 0) is 0 Å². The summed E-state index contributed by atoms with van der Waals surface area (Å²) in [7, 11) is 0. The van der Waals surface area contributed by atoms with E-state index in [9.17, 15) is 4.79 Å². The number of alkyl halides is 1. The maximum atomic E-state index is 12.3. The van der Waals surface area contributed by atoms with E-state index < -0.39 is 0 Å². The van der Waals surface area contributed by atoms with E-state index in [1.54, 1.807) is 0 Å². The molecular formula is C14H19BrO. The molecule has 0 fully saturated rings. The largest absolute Gasteiger partial charge is 0.293 e. The topological polar surface area (TPSA) is 17.1 Å². The maximum Gasteiger partial charge on any atom is 0.177 e. The first-order valence-corrected chi connectivity index (χ1v) is 6.52. The van der Waals surface area contributed by atoms with Crippen molar-refractivity contribution in [2.75, 3.05) is 0 Å². The van der Waals surface area contributed by atoms with Crippen LogP contribution in [0, 0.1) is 26.7 Å². The summed E-state index contributed by atoms with van der Waals surface area (Å²) >= 11 is 3.48. The molecule has 1 rings (SSSR count). The van der Waals surface area contributed by atoms with Crippen LogP contribution in [0.25, 0.3) is 0 Å². The van der Waals surface area contributed by atoms with Crippen molar-refractivity contribution in [3.8, 4) is 0 Å². The number of hydrogen-bond acceptors (Lipinski definition) is 1. The van der Waals surface area contributed by atoms with Crippen LogP contribution in [0.4, 0.5) is 0 Å². The third-order valence-corrected chi connectivity index (χ3v) is 4.23. The van der Waals surface area contributed by atoms with Gasteiger partial charge in [0.1, 0.15) is 0 Å². The average molecular weight is 283 g/mol. The molecule has 1 unspecified atom stereocenters. The highest BCUT2D eigenvalue weighted by atomic mass is 79.9. The first-order valence-electron chi connectivity index (χ1n) is 5.60. The van der Waals surface area contributed by atoms with Gasteiger partial charge in [-0.2, -0.15) is 0 Å². The molecule has 0 N–H and O–H groups in total. The van der Waals surface area contributed by atoms with E-state index in [0.717, 1.165) is 16.7 Å². The molecule has 0 saturated heterocycles. The highest BCUT2D eigenvalue weighted by Crippen LogP contribution is 2.23. The lowest BCUT2D eigenvalue weighted by molar-refractivity contribution is 0.0977. The lowest BCUT2D eigenvalue weighted by atomic mass is 9.92. The molecule has 1 atom stereocenters. The molecule has 1 aromatic carbocycles. The maximum absolute atomic E-state index is 12.3. The van der Waals surface area contributed by atoms with Gasteiger partial charge in [0.15, 0.2) is 5.78 Å². The number of halogens is 1. The molecule has 0 heterocycles. The van der Waals surface area contributed by atoms with Gasteiger partial charge in [-0.1, -0.05) is 47.5 Å². The minimum Gasteiger partial charge on any atom is -0.293 e. The normalized spacial score (nSPS) is 12.9. The van der Waals surface area contributed by atoms with Gasteiger partial charge in [-0.15, -0.1) is 0 Å². The zero-order chi connectivity index (χ0) is 12.5. The Bertz CT molecular complexity index is 384. The fraction of sp³-hybridized carbons (Fsp3) is 0.500. The second-order valence-electron chi connectivity index (χ2n) is 4.78. The van der Waals surface area contributed by atoms with Crippen LogP contribution in [0.15, 0.2) is 12.1 Å². The van der Waals surface area contributed by atoms with Crippen molar-refractivity contribution in [2.45, 2.75) is 39.4 Å². The van der Waals surface area contributed by atoms with Gasteiger partial charge in [0.05, 0.1) is 4.83 Å². The van der Waals surface area contributed by atoms with Gasteiger partial charge < -0.3 is 0 Å². The van der Waals surface area contributed by atoms with E-state index in [0.29, 0.717) is 5.92 Å². The summed E-state index contributed by atoms with van der Waals surface area (Å²) in [6.45, 7) is 10.2. The van der Waals surface area contributed by atoms with Gasteiger partial charge in [-0.25, -0.2) is 0 Å². The molecule has 1 nitrogen and oxygen atoms in total. The summed E-state index contributed by atoms with van der Waals surface area (Å²) in [5.41, 5.74) is 4.24. The summed E-state index contributed by atoms with van der Waals surface area (Å²) in [6.07, 6.45) is 0. The molecule has 0 radical (unpaired) electrons. The molecule has 2 heteroatoms. The van der Waals surface area contributed by atoms with Crippen LogP contribution >= 0.6 is 15.9 Å². The van der Waals surface area contributed by atoms with E-state index >= 15 is 0 Å². The number of carbonyl (C=O) groups is 1. The van der Waals surface area contributed by atoms with Crippen LogP contribution in [0.2, 0.25) is 0 Å².